The summed E-state index contributed by atoms with van der Waals surface area (Å²) in [5.74, 6) is -2.14. The molecule has 1 amide bonds. The van der Waals surface area contributed by atoms with Crippen LogP contribution in [0.1, 0.15) is 12.5 Å². The Morgan fingerprint density at radius 2 is 1.65 bits per heavy atom. The second-order valence-corrected chi connectivity index (χ2v) is 4.88. The summed E-state index contributed by atoms with van der Waals surface area (Å²) in [6.07, 6.45) is 0.113. The third kappa shape index (κ3) is 4.16. The second kappa shape index (κ2) is 6.73. The van der Waals surface area contributed by atoms with Crippen LogP contribution in [0.4, 0.5) is 0 Å². The number of carbonyl (C=O) groups excluding carboxylic acids is 2. The van der Waals surface area contributed by atoms with E-state index >= 15 is 0 Å². The number of phenols is 1. The molecule has 0 aliphatic heterocycles. The fraction of sp³-hybridized carbons (Fsp3) is 0.200. The first-order valence-corrected chi connectivity index (χ1v) is 6.73. The van der Waals surface area contributed by atoms with Gasteiger partial charge in [-0.05, 0) is 17.7 Å². The van der Waals surface area contributed by atoms with Crippen molar-refractivity contribution in [2.75, 3.05) is 0 Å². The number of carbonyl (C=O) groups is 2. The zero-order valence-corrected chi connectivity index (χ0v) is 12.3. The zero-order chi connectivity index (χ0) is 17.0. The van der Waals surface area contributed by atoms with Crippen LogP contribution in [-0.4, -0.2) is 38.0 Å². The summed E-state index contributed by atoms with van der Waals surface area (Å²) in [5, 5.41) is 30.6. The average molecular weight is 320 g/mol. The van der Waals surface area contributed by atoms with Gasteiger partial charge >= 0.3 is 5.97 Å². The molecule has 23 heavy (non-hydrogen) atoms. The molecular formula is C15H16N2O6. The Hall–Kier alpha value is -3.16. The summed E-state index contributed by atoms with van der Waals surface area (Å²) < 4.78 is 0.550. The molecule has 2 rings (SSSR count). The first-order valence-electron chi connectivity index (χ1n) is 6.73. The number of rotatable bonds is 5. The number of nitrogens with one attached hydrogen (secondary N) is 1. The number of aromatic hydroxyl groups is 3. The molecule has 122 valence electrons. The number of hydrogen-bond acceptors (Lipinski definition) is 6. The van der Waals surface area contributed by atoms with E-state index in [1.54, 1.807) is 12.1 Å². The van der Waals surface area contributed by atoms with Crippen LogP contribution >= 0.6 is 0 Å². The summed E-state index contributed by atoms with van der Waals surface area (Å²) in [7, 11) is 0. The van der Waals surface area contributed by atoms with Crippen LogP contribution in [0.15, 0.2) is 36.4 Å². The topological polar surface area (TPSA) is 121 Å². The number of hydrogen-bond donors (Lipinski definition) is 4. The predicted octanol–water partition coefficient (Wildman–Crippen LogP) is 0.307. The molecule has 0 saturated heterocycles. The maximum absolute atomic E-state index is 12.2. The van der Waals surface area contributed by atoms with Crippen molar-refractivity contribution in [1.82, 2.24) is 10.0 Å². The lowest BCUT2D eigenvalue weighted by Gasteiger charge is -2.17. The van der Waals surface area contributed by atoms with Crippen molar-refractivity contribution in [1.29, 1.82) is 0 Å². The van der Waals surface area contributed by atoms with Gasteiger partial charge in [-0.1, -0.05) is 12.1 Å². The number of nitrogens with zero attached hydrogens (tertiary/aromatic N) is 1. The minimum atomic E-state index is -1.03. The van der Waals surface area contributed by atoms with E-state index in [1.807, 2.05) is 0 Å². The Morgan fingerprint density at radius 3 is 2.17 bits per heavy atom. The van der Waals surface area contributed by atoms with Crippen LogP contribution in [-0.2, 0) is 16.0 Å². The van der Waals surface area contributed by atoms with Gasteiger partial charge in [-0.2, -0.15) is 0 Å². The maximum atomic E-state index is 12.2. The Labute approximate surface area is 131 Å². The van der Waals surface area contributed by atoms with Gasteiger partial charge in [-0.15, -0.1) is 4.73 Å². The van der Waals surface area contributed by atoms with E-state index in [4.69, 9.17) is 4.84 Å². The van der Waals surface area contributed by atoms with Gasteiger partial charge in [-0.3, -0.25) is 4.79 Å². The van der Waals surface area contributed by atoms with Crippen LogP contribution in [0.2, 0.25) is 0 Å². The van der Waals surface area contributed by atoms with Gasteiger partial charge in [0.15, 0.2) is 0 Å². The molecule has 0 saturated carbocycles. The first-order chi connectivity index (χ1) is 10.9. The Balaban J connectivity index is 2.15. The van der Waals surface area contributed by atoms with E-state index in [0.29, 0.717) is 10.3 Å². The van der Waals surface area contributed by atoms with Gasteiger partial charge in [0.1, 0.15) is 11.8 Å². The van der Waals surface area contributed by atoms with Gasteiger partial charge < -0.3 is 25.5 Å². The largest absolute Gasteiger partial charge is 0.508 e. The van der Waals surface area contributed by atoms with Crippen molar-refractivity contribution in [3.63, 3.8) is 0 Å². The molecule has 0 bridgehead atoms. The standard InChI is InChI=1S/C15H16N2O6/c1-9(18)16-12(8-10-2-4-11(19)5-3-10)15(22)23-17-13(20)6-7-14(17)21/h2-7,12,19-21H,8H2,1H3,(H,16,18)/t12-/m0/s1. The maximum Gasteiger partial charge on any atom is 0.355 e. The van der Waals surface area contributed by atoms with Crippen molar-refractivity contribution in [2.45, 2.75) is 19.4 Å². The zero-order valence-electron chi connectivity index (χ0n) is 12.3. The molecule has 8 nitrogen and oxygen atoms in total. The highest BCUT2D eigenvalue weighted by Gasteiger charge is 2.24. The SMILES string of the molecule is CC(=O)N[C@@H](Cc1ccc(O)cc1)C(=O)On1c(O)ccc1O. The molecule has 0 fully saturated rings. The van der Waals surface area contributed by atoms with E-state index in [2.05, 4.69) is 5.32 Å². The van der Waals surface area contributed by atoms with E-state index in [1.165, 1.54) is 19.1 Å². The fourth-order valence-electron chi connectivity index (χ4n) is 1.96. The molecule has 0 aliphatic rings. The van der Waals surface area contributed by atoms with Crippen LogP contribution in [0.25, 0.3) is 0 Å². The average Bonchev–Trinajstić information content (AvgIpc) is 2.80. The van der Waals surface area contributed by atoms with Crippen LogP contribution < -0.4 is 10.2 Å². The number of amides is 1. The Morgan fingerprint density at radius 1 is 1.09 bits per heavy atom. The fourth-order valence-corrected chi connectivity index (χ4v) is 1.96. The van der Waals surface area contributed by atoms with E-state index in [9.17, 15) is 24.9 Å². The number of phenolic OH excluding ortho intramolecular Hbond substituents is 1. The van der Waals surface area contributed by atoms with E-state index in [0.717, 1.165) is 12.1 Å². The summed E-state index contributed by atoms with van der Waals surface area (Å²) in [6.45, 7) is 1.25. The van der Waals surface area contributed by atoms with Gasteiger partial charge in [0.2, 0.25) is 17.7 Å². The summed E-state index contributed by atoms with van der Waals surface area (Å²) in [4.78, 5) is 28.4. The Bertz CT molecular complexity index is 688. The van der Waals surface area contributed by atoms with Gasteiger partial charge in [-0.25, -0.2) is 4.79 Å². The monoisotopic (exact) mass is 320 g/mol. The normalized spacial score (nSPS) is 11.7. The van der Waals surface area contributed by atoms with Gasteiger partial charge in [0.05, 0.1) is 0 Å². The molecule has 0 spiro atoms. The second-order valence-electron chi connectivity index (χ2n) is 4.88. The minimum Gasteiger partial charge on any atom is -0.508 e. The van der Waals surface area contributed by atoms with Crippen molar-refractivity contribution in [3.8, 4) is 17.5 Å². The molecule has 4 N–H and O–H groups in total. The summed E-state index contributed by atoms with van der Waals surface area (Å²) >= 11 is 0. The smallest absolute Gasteiger partial charge is 0.355 e. The molecule has 0 unspecified atom stereocenters. The molecule has 0 aliphatic carbocycles. The Kier molecular flexibility index (Phi) is 4.75. The minimum absolute atomic E-state index is 0.0783. The lowest BCUT2D eigenvalue weighted by Crippen LogP contribution is -2.45. The van der Waals surface area contributed by atoms with E-state index in [-0.39, 0.29) is 12.2 Å². The molecule has 0 radical (unpaired) electrons. The van der Waals surface area contributed by atoms with Crippen LogP contribution in [0, 0.1) is 0 Å². The summed E-state index contributed by atoms with van der Waals surface area (Å²) in [6, 6.07) is 7.37. The van der Waals surface area contributed by atoms with Gasteiger partial charge in [0, 0.05) is 25.5 Å². The molecule has 2 aromatic rings. The number of benzene rings is 1. The molecule has 1 heterocycles. The number of aromatic nitrogens is 1. The molecular weight excluding hydrogens is 304 g/mol. The van der Waals surface area contributed by atoms with Crippen molar-refractivity contribution in [2.24, 2.45) is 0 Å². The summed E-state index contributed by atoms with van der Waals surface area (Å²) in [5.41, 5.74) is 0.680. The third-order valence-electron chi connectivity index (χ3n) is 3.02. The van der Waals surface area contributed by atoms with Crippen LogP contribution in [0.3, 0.4) is 0 Å². The van der Waals surface area contributed by atoms with Crippen molar-refractivity contribution >= 4 is 11.9 Å². The quantitative estimate of drug-likeness (QED) is 0.629. The molecule has 1 atom stereocenters. The van der Waals surface area contributed by atoms with Gasteiger partial charge in [0.25, 0.3) is 0 Å². The van der Waals surface area contributed by atoms with E-state index < -0.39 is 29.7 Å². The lowest BCUT2D eigenvalue weighted by atomic mass is 10.1. The molecule has 1 aromatic heterocycles. The first kappa shape index (κ1) is 16.2. The van der Waals surface area contributed by atoms with Crippen LogP contribution in [0.5, 0.6) is 17.5 Å². The highest BCUT2D eigenvalue weighted by molar-refractivity contribution is 5.83. The third-order valence-corrected chi connectivity index (χ3v) is 3.02. The van der Waals surface area contributed by atoms with Crippen molar-refractivity contribution in [3.05, 3.63) is 42.0 Å². The van der Waals surface area contributed by atoms with Crippen molar-refractivity contribution < 1.29 is 29.7 Å². The molecule has 1 aromatic carbocycles. The highest BCUT2D eigenvalue weighted by atomic mass is 16.7. The highest BCUT2D eigenvalue weighted by Crippen LogP contribution is 2.19. The molecule has 8 heteroatoms. The predicted molar refractivity (Wildman–Crippen MR) is 78.8 cm³/mol. The lowest BCUT2D eigenvalue weighted by molar-refractivity contribution is -0.149.